The molecule has 1 saturated heterocycles. The first-order valence-electron chi connectivity index (χ1n) is 10.2. The van der Waals surface area contributed by atoms with Crippen molar-refractivity contribution in [2.24, 2.45) is 0 Å². The lowest BCUT2D eigenvalue weighted by Gasteiger charge is -2.21. The minimum atomic E-state index is -0.0857. The van der Waals surface area contributed by atoms with Gasteiger partial charge in [0.05, 0.1) is 11.4 Å². The van der Waals surface area contributed by atoms with Crippen molar-refractivity contribution in [1.29, 1.82) is 0 Å². The molecule has 7 nitrogen and oxygen atoms in total. The number of fused-ring (bicyclic) bond motifs is 1. The number of rotatable bonds is 7. The lowest BCUT2D eigenvalue weighted by atomic mass is 10.2. The molecule has 1 aliphatic heterocycles. The number of hydrogen-bond acceptors (Lipinski definition) is 7. The summed E-state index contributed by atoms with van der Waals surface area (Å²) < 4.78 is 1.53. The zero-order valence-electron chi connectivity index (χ0n) is 16.7. The maximum absolute atomic E-state index is 12.2. The summed E-state index contributed by atoms with van der Waals surface area (Å²) in [5, 5.41) is 4.77. The minimum absolute atomic E-state index is 0.0366. The van der Waals surface area contributed by atoms with E-state index in [0.717, 1.165) is 24.5 Å². The summed E-state index contributed by atoms with van der Waals surface area (Å²) in [4.78, 5) is 36.2. The number of nitrogens with zero attached hydrogens (tertiary/aromatic N) is 4. The lowest BCUT2D eigenvalue weighted by Crippen LogP contribution is -2.26. The molecular weight excluding hydrogens is 418 g/mol. The Bertz CT molecular complexity index is 1040. The van der Waals surface area contributed by atoms with E-state index in [1.54, 1.807) is 6.20 Å². The van der Waals surface area contributed by atoms with Crippen molar-refractivity contribution in [1.82, 2.24) is 19.7 Å². The molecule has 30 heavy (non-hydrogen) atoms. The third-order valence-corrected chi connectivity index (χ3v) is 6.79. The lowest BCUT2D eigenvalue weighted by molar-refractivity contribution is -0.118. The Hall–Kier alpha value is -2.39. The van der Waals surface area contributed by atoms with Crippen LogP contribution in [0.4, 0.5) is 5.82 Å². The Kier molecular flexibility index (Phi) is 7.01. The number of pyridine rings is 1. The molecule has 9 heteroatoms. The van der Waals surface area contributed by atoms with E-state index in [4.69, 9.17) is 0 Å². The zero-order valence-corrected chi connectivity index (χ0v) is 18.4. The van der Waals surface area contributed by atoms with Crippen molar-refractivity contribution in [3.05, 3.63) is 57.6 Å². The van der Waals surface area contributed by atoms with Crippen LogP contribution in [0.3, 0.4) is 0 Å². The number of nitrogens with one attached hydrogen (secondary N) is 1. The third kappa shape index (κ3) is 5.40. The van der Waals surface area contributed by atoms with E-state index in [1.807, 2.05) is 23.7 Å². The van der Waals surface area contributed by atoms with E-state index in [0.29, 0.717) is 28.7 Å². The van der Waals surface area contributed by atoms with Crippen molar-refractivity contribution in [3.63, 3.8) is 0 Å². The van der Waals surface area contributed by atoms with Crippen LogP contribution in [0.1, 0.15) is 36.9 Å². The Morgan fingerprint density at radius 2 is 2.03 bits per heavy atom. The quantitative estimate of drug-likeness (QED) is 0.605. The van der Waals surface area contributed by atoms with Crippen LogP contribution in [-0.2, 0) is 17.1 Å². The minimum Gasteiger partial charge on any atom is -0.357 e. The molecule has 0 aromatic carbocycles. The molecule has 158 valence electrons. The normalized spacial score (nSPS) is 14.6. The van der Waals surface area contributed by atoms with Crippen LogP contribution < -0.4 is 15.8 Å². The molecule has 1 amide bonds. The van der Waals surface area contributed by atoms with E-state index >= 15 is 0 Å². The number of carbonyl (C=O) groups is 1. The van der Waals surface area contributed by atoms with Gasteiger partial charge in [-0.15, -0.1) is 23.1 Å². The van der Waals surface area contributed by atoms with Crippen LogP contribution in [0, 0.1) is 0 Å². The summed E-state index contributed by atoms with van der Waals surface area (Å²) in [6.07, 6.45) is 8.62. The van der Waals surface area contributed by atoms with E-state index < -0.39 is 0 Å². The highest BCUT2D eigenvalue weighted by atomic mass is 32.2. The predicted octanol–water partition coefficient (Wildman–Crippen LogP) is 3.08. The van der Waals surface area contributed by atoms with Gasteiger partial charge in [0.2, 0.25) is 5.91 Å². The molecule has 1 fully saturated rings. The molecule has 0 aliphatic carbocycles. The van der Waals surface area contributed by atoms with Gasteiger partial charge in [0.1, 0.15) is 5.82 Å². The summed E-state index contributed by atoms with van der Waals surface area (Å²) >= 11 is 2.88. The molecule has 4 rings (SSSR count). The van der Waals surface area contributed by atoms with Crippen LogP contribution in [0.2, 0.25) is 0 Å². The Morgan fingerprint density at radius 3 is 2.80 bits per heavy atom. The fraction of sp³-hybridized carbons (Fsp3) is 0.429. The molecule has 1 N–H and O–H groups in total. The largest absolute Gasteiger partial charge is 0.357 e. The summed E-state index contributed by atoms with van der Waals surface area (Å²) in [7, 11) is 0. The van der Waals surface area contributed by atoms with Gasteiger partial charge in [0.15, 0.2) is 4.96 Å². The maximum atomic E-state index is 12.2. The van der Waals surface area contributed by atoms with Gasteiger partial charge < -0.3 is 10.2 Å². The van der Waals surface area contributed by atoms with Gasteiger partial charge in [-0.25, -0.2) is 9.97 Å². The van der Waals surface area contributed by atoms with Gasteiger partial charge in [0.25, 0.3) is 5.56 Å². The first-order chi connectivity index (χ1) is 14.7. The van der Waals surface area contributed by atoms with Gasteiger partial charge >= 0.3 is 0 Å². The second-order valence-electron chi connectivity index (χ2n) is 7.34. The van der Waals surface area contributed by atoms with Crippen molar-refractivity contribution >= 4 is 39.8 Å². The first kappa shape index (κ1) is 20.9. The smallest absolute Gasteiger partial charge is 0.258 e. The summed E-state index contributed by atoms with van der Waals surface area (Å²) in [5.74, 6) is 1.84. The molecule has 0 atom stereocenters. The summed E-state index contributed by atoms with van der Waals surface area (Å²) in [5.41, 5.74) is 1.61. The van der Waals surface area contributed by atoms with Crippen LogP contribution in [-0.4, -0.2) is 39.1 Å². The number of aromatic nitrogens is 3. The molecular formula is C21H25N5O2S2. The average molecular weight is 444 g/mol. The first-order valence-corrected chi connectivity index (χ1v) is 12.2. The zero-order chi connectivity index (χ0) is 20.8. The Morgan fingerprint density at radius 1 is 1.20 bits per heavy atom. The molecule has 4 heterocycles. The van der Waals surface area contributed by atoms with E-state index in [-0.39, 0.29) is 11.5 Å². The predicted molar refractivity (Wildman–Crippen MR) is 122 cm³/mol. The fourth-order valence-corrected chi connectivity index (χ4v) is 4.96. The van der Waals surface area contributed by atoms with E-state index in [1.165, 1.54) is 59.2 Å². The molecule has 0 saturated carbocycles. The van der Waals surface area contributed by atoms with Gasteiger partial charge in [-0.1, -0.05) is 18.9 Å². The second-order valence-corrected chi connectivity index (χ2v) is 9.20. The number of hydrogen-bond donors (Lipinski definition) is 1. The molecule has 0 radical (unpaired) electrons. The van der Waals surface area contributed by atoms with Crippen LogP contribution in [0.5, 0.6) is 0 Å². The third-order valence-electron chi connectivity index (χ3n) is 5.07. The van der Waals surface area contributed by atoms with Crippen LogP contribution in [0.25, 0.3) is 4.96 Å². The number of carbonyl (C=O) groups excluding carboxylic acids is 1. The Labute approximate surface area is 183 Å². The van der Waals surface area contributed by atoms with Gasteiger partial charge in [-0.3, -0.25) is 14.0 Å². The molecule has 3 aromatic rings. The number of amides is 1. The van der Waals surface area contributed by atoms with Gasteiger partial charge in [0, 0.05) is 49.2 Å². The highest BCUT2D eigenvalue weighted by Crippen LogP contribution is 2.17. The van der Waals surface area contributed by atoms with Crippen molar-refractivity contribution < 1.29 is 4.79 Å². The van der Waals surface area contributed by atoms with Gasteiger partial charge in [-0.2, -0.15) is 0 Å². The number of thioether (sulfide) groups is 1. The van der Waals surface area contributed by atoms with Crippen LogP contribution in [0.15, 0.2) is 40.8 Å². The highest BCUT2D eigenvalue weighted by Gasteiger charge is 2.11. The topological polar surface area (TPSA) is 79.6 Å². The average Bonchev–Trinajstić information content (AvgIpc) is 3.07. The standard InChI is InChI=1S/C21H25N5O2S2/c27-19(15-29-14-17-11-20(28)26-9-10-30-21(26)24-17)23-13-16-5-6-18(22-12-16)25-7-3-1-2-4-8-25/h5-6,9-12H,1-4,7-8,13-15H2,(H,23,27). The van der Waals surface area contributed by atoms with Gasteiger partial charge in [-0.05, 0) is 24.5 Å². The van der Waals surface area contributed by atoms with E-state index in [2.05, 4.69) is 20.2 Å². The fourth-order valence-electron chi connectivity index (χ4n) is 3.47. The SMILES string of the molecule is O=C(CSCc1cc(=O)n2ccsc2n1)NCc1ccc(N2CCCCCC2)nc1. The monoisotopic (exact) mass is 443 g/mol. The van der Waals surface area contributed by atoms with Crippen molar-refractivity contribution in [3.8, 4) is 0 Å². The van der Waals surface area contributed by atoms with Crippen LogP contribution >= 0.6 is 23.1 Å². The summed E-state index contributed by atoms with van der Waals surface area (Å²) in [6, 6.07) is 5.61. The number of thiazole rings is 1. The summed E-state index contributed by atoms with van der Waals surface area (Å²) in [6.45, 7) is 2.61. The Balaban J connectivity index is 1.22. The second kappa shape index (κ2) is 10.1. The van der Waals surface area contributed by atoms with Crippen molar-refractivity contribution in [2.75, 3.05) is 23.7 Å². The maximum Gasteiger partial charge on any atom is 0.258 e. The molecule has 0 bridgehead atoms. The molecule has 3 aromatic heterocycles. The van der Waals surface area contributed by atoms with Crippen molar-refractivity contribution in [2.45, 2.75) is 38.0 Å². The molecule has 0 unspecified atom stereocenters. The number of anilines is 1. The molecule has 1 aliphatic rings. The highest BCUT2D eigenvalue weighted by molar-refractivity contribution is 7.99. The van der Waals surface area contributed by atoms with E-state index in [9.17, 15) is 9.59 Å². The molecule has 0 spiro atoms.